The molecule has 1 spiro atoms. The summed E-state index contributed by atoms with van der Waals surface area (Å²) in [6.07, 6.45) is 2.93. The molecule has 9 heteroatoms. The van der Waals surface area contributed by atoms with Gasteiger partial charge in [0.2, 0.25) is 5.91 Å². The zero-order chi connectivity index (χ0) is 26.0. The van der Waals surface area contributed by atoms with Crippen LogP contribution >= 0.6 is 11.3 Å². The summed E-state index contributed by atoms with van der Waals surface area (Å²) < 4.78 is 6.28. The van der Waals surface area contributed by atoms with Crippen LogP contribution in [0, 0.1) is 6.92 Å². The van der Waals surface area contributed by atoms with Gasteiger partial charge in [-0.05, 0) is 37.3 Å². The van der Waals surface area contributed by atoms with E-state index in [0.29, 0.717) is 31.4 Å². The first-order valence-corrected chi connectivity index (χ1v) is 14.3. The molecule has 1 atom stereocenters. The normalized spacial score (nSPS) is 22.5. The Hall–Kier alpha value is -2.33. The largest absolute Gasteiger partial charge is 0.371 e. The molecule has 3 fully saturated rings. The molecule has 37 heavy (non-hydrogen) atoms. The summed E-state index contributed by atoms with van der Waals surface area (Å²) in [6.45, 7) is 11.3. The van der Waals surface area contributed by atoms with Gasteiger partial charge in [0, 0.05) is 71.2 Å². The van der Waals surface area contributed by atoms with Crippen molar-refractivity contribution in [3.05, 3.63) is 51.5 Å². The summed E-state index contributed by atoms with van der Waals surface area (Å²) in [5.41, 5.74) is 2.98. The lowest BCUT2D eigenvalue weighted by Gasteiger charge is -2.47. The molecule has 1 unspecified atom stereocenters. The fourth-order valence-electron chi connectivity index (χ4n) is 5.86. The number of hydrogen-bond donors (Lipinski definition) is 0. The molecular weight excluding hydrogens is 486 g/mol. The molecular formula is C28H39N5O3S. The van der Waals surface area contributed by atoms with Crippen molar-refractivity contribution in [3.8, 4) is 0 Å². The summed E-state index contributed by atoms with van der Waals surface area (Å²) in [7, 11) is 1.91. The maximum atomic E-state index is 12.9. The predicted molar refractivity (Wildman–Crippen MR) is 145 cm³/mol. The molecule has 0 radical (unpaired) electrons. The van der Waals surface area contributed by atoms with E-state index in [1.807, 2.05) is 29.2 Å². The number of ether oxygens (including phenoxy) is 1. The van der Waals surface area contributed by atoms with Gasteiger partial charge < -0.3 is 14.5 Å². The van der Waals surface area contributed by atoms with Crippen LogP contribution in [-0.2, 0) is 22.6 Å². The Labute approximate surface area is 224 Å². The molecule has 200 valence electrons. The van der Waals surface area contributed by atoms with Crippen molar-refractivity contribution in [2.24, 2.45) is 0 Å². The number of carbonyl (C=O) groups is 2. The van der Waals surface area contributed by atoms with Crippen LogP contribution in [0.3, 0.4) is 0 Å². The Morgan fingerprint density at radius 3 is 2.38 bits per heavy atom. The van der Waals surface area contributed by atoms with E-state index in [-0.39, 0.29) is 17.4 Å². The Kier molecular flexibility index (Phi) is 7.95. The molecule has 8 nitrogen and oxygen atoms in total. The Bertz CT molecular complexity index is 1100. The second kappa shape index (κ2) is 11.2. The van der Waals surface area contributed by atoms with Crippen molar-refractivity contribution >= 4 is 23.2 Å². The first-order chi connectivity index (χ1) is 17.8. The van der Waals surface area contributed by atoms with E-state index in [1.165, 1.54) is 22.5 Å². The van der Waals surface area contributed by atoms with Crippen LogP contribution in [-0.4, -0.2) is 101 Å². The summed E-state index contributed by atoms with van der Waals surface area (Å²) in [5, 5.41) is 2.79. The minimum absolute atomic E-state index is 0.0323. The second-order valence-corrected chi connectivity index (χ2v) is 12.0. The highest BCUT2D eigenvalue weighted by atomic mass is 32.1. The van der Waals surface area contributed by atoms with Crippen LogP contribution < -0.4 is 0 Å². The van der Waals surface area contributed by atoms with Gasteiger partial charge in [-0.15, -0.1) is 11.3 Å². The number of carbonyl (C=O) groups excluding carboxylic acids is 2. The van der Waals surface area contributed by atoms with Crippen LogP contribution in [0.5, 0.6) is 0 Å². The Balaban J connectivity index is 1.09. The van der Waals surface area contributed by atoms with E-state index < -0.39 is 0 Å². The van der Waals surface area contributed by atoms with Crippen LogP contribution in [0.25, 0.3) is 0 Å². The smallest absolute Gasteiger partial charge is 0.273 e. The monoisotopic (exact) mass is 525 g/mol. The maximum absolute atomic E-state index is 12.9. The highest BCUT2D eigenvalue weighted by Gasteiger charge is 2.41. The van der Waals surface area contributed by atoms with Gasteiger partial charge in [0.15, 0.2) is 0 Å². The number of likely N-dealkylation sites (tertiary alicyclic amines) is 2. The van der Waals surface area contributed by atoms with Gasteiger partial charge in [-0.25, -0.2) is 4.98 Å². The van der Waals surface area contributed by atoms with Gasteiger partial charge in [-0.3, -0.25) is 19.4 Å². The number of thiazole rings is 1. The summed E-state index contributed by atoms with van der Waals surface area (Å²) in [4.78, 5) is 37.7. The lowest BCUT2D eigenvalue weighted by atomic mass is 9.89. The Morgan fingerprint density at radius 2 is 1.76 bits per heavy atom. The third-order valence-corrected chi connectivity index (χ3v) is 9.04. The molecule has 1 aromatic carbocycles. The van der Waals surface area contributed by atoms with Gasteiger partial charge in [0.1, 0.15) is 5.69 Å². The van der Waals surface area contributed by atoms with E-state index in [0.717, 1.165) is 63.5 Å². The van der Waals surface area contributed by atoms with Crippen LogP contribution in [0.1, 0.15) is 52.8 Å². The predicted octanol–water partition coefficient (Wildman–Crippen LogP) is 3.01. The van der Waals surface area contributed by atoms with E-state index in [4.69, 9.17) is 4.74 Å². The molecule has 0 saturated carbocycles. The van der Waals surface area contributed by atoms with Gasteiger partial charge in [-0.2, -0.15) is 0 Å². The number of benzene rings is 1. The number of likely N-dealkylation sites (N-methyl/N-ethyl adjacent to an activating group) is 1. The quantitative estimate of drug-likeness (QED) is 0.578. The third-order valence-electron chi connectivity index (χ3n) is 8.27. The standard InChI is InChI=1S/C28H39N5O3S/c1-21-29-26(19-37-21)27(35)33-14-15-36-28(20-33)9-12-31(13-10-28)16-23-4-6-24(7-5-23)17-32-11-8-25(18-32)30(3)22(2)34/h4-7,19,25H,8-18,20H2,1-3H3. The second-order valence-electron chi connectivity index (χ2n) is 10.9. The summed E-state index contributed by atoms with van der Waals surface area (Å²) in [6, 6.07) is 9.33. The molecule has 0 bridgehead atoms. The van der Waals surface area contributed by atoms with Crippen molar-refractivity contribution in [3.63, 3.8) is 0 Å². The minimum Gasteiger partial charge on any atom is -0.371 e. The fraction of sp³-hybridized carbons (Fsp3) is 0.607. The number of morpholine rings is 1. The van der Waals surface area contributed by atoms with Crippen LogP contribution in [0.2, 0.25) is 0 Å². The topological polar surface area (TPSA) is 69.2 Å². The zero-order valence-electron chi connectivity index (χ0n) is 22.3. The molecule has 3 aliphatic rings. The number of nitrogens with zero attached hydrogens (tertiary/aromatic N) is 5. The number of amides is 2. The molecule has 3 saturated heterocycles. The first-order valence-electron chi connectivity index (χ1n) is 13.4. The highest BCUT2D eigenvalue weighted by molar-refractivity contribution is 7.09. The molecule has 0 aliphatic carbocycles. The number of hydrogen-bond acceptors (Lipinski definition) is 7. The van der Waals surface area contributed by atoms with Gasteiger partial charge in [-0.1, -0.05) is 24.3 Å². The molecule has 4 heterocycles. The van der Waals surface area contributed by atoms with E-state index in [9.17, 15) is 9.59 Å². The van der Waals surface area contributed by atoms with Crippen molar-refractivity contribution in [1.82, 2.24) is 24.6 Å². The van der Waals surface area contributed by atoms with Crippen molar-refractivity contribution in [2.45, 2.75) is 57.8 Å². The lowest BCUT2D eigenvalue weighted by molar-refractivity contribution is -0.129. The molecule has 0 N–H and O–H groups in total. The lowest BCUT2D eigenvalue weighted by Crippen LogP contribution is -2.58. The average Bonchev–Trinajstić information content (AvgIpc) is 3.55. The SMILES string of the molecule is CC(=O)N(C)C1CCN(Cc2ccc(CN3CCC4(CC3)CN(C(=O)c3csc(C)n3)CCO4)cc2)C1. The minimum atomic E-state index is -0.233. The van der Waals surface area contributed by atoms with Gasteiger partial charge in [0.05, 0.1) is 23.8 Å². The average molecular weight is 526 g/mol. The highest BCUT2D eigenvalue weighted by Crippen LogP contribution is 2.31. The molecule has 1 aromatic heterocycles. The number of piperidine rings is 1. The molecule has 2 aromatic rings. The van der Waals surface area contributed by atoms with E-state index in [2.05, 4.69) is 39.0 Å². The third kappa shape index (κ3) is 6.22. The summed E-state index contributed by atoms with van der Waals surface area (Å²) >= 11 is 1.52. The zero-order valence-corrected chi connectivity index (χ0v) is 23.1. The van der Waals surface area contributed by atoms with Crippen molar-refractivity contribution < 1.29 is 14.3 Å². The molecule has 5 rings (SSSR count). The van der Waals surface area contributed by atoms with Crippen molar-refractivity contribution in [2.75, 3.05) is 52.9 Å². The molecule has 2 amide bonds. The van der Waals surface area contributed by atoms with Gasteiger partial charge in [0.25, 0.3) is 5.91 Å². The van der Waals surface area contributed by atoms with E-state index in [1.54, 1.807) is 6.92 Å². The number of aryl methyl sites for hydroxylation is 1. The first kappa shape index (κ1) is 26.3. The van der Waals surface area contributed by atoms with Crippen LogP contribution in [0.15, 0.2) is 29.6 Å². The fourth-order valence-corrected chi connectivity index (χ4v) is 6.45. The number of rotatable bonds is 6. The van der Waals surface area contributed by atoms with Crippen molar-refractivity contribution in [1.29, 1.82) is 0 Å². The summed E-state index contributed by atoms with van der Waals surface area (Å²) in [5.74, 6) is 0.177. The Morgan fingerprint density at radius 1 is 1.08 bits per heavy atom. The van der Waals surface area contributed by atoms with Gasteiger partial charge >= 0.3 is 0 Å². The van der Waals surface area contributed by atoms with Crippen LogP contribution in [0.4, 0.5) is 0 Å². The maximum Gasteiger partial charge on any atom is 0.273 e. The van der Waals surface area contributed by atoms with E-state index >= 15 is 0 Å². The number of aromatic nitrogens is 1. The molecule has 3 aliphatic heterocycles.